The number of phosphoric acid groups is 1. The van der Waals surface area contributed by atoms with Crippen molar-refractivity contribution < 1.29 is 41.9 Å². The minimum Gasteiger partial charge on any atom is -0.493 e. The molecule has 2 aromatic carbocycles. The van der Waals surface area contributed by atoms with Gasteiger partial charge in [0.05, 0.1) is 32.3 Å². The van der Waals surface area contributed by atoms with Crippen molar-refractivity contribution in [1.82, 2.24) is 24.8 Å². The summed E-state index contributed by atoms with van der Waals surface area (Å²) in [5.74, 6) is -0.483. The maximum atomic E-state index is 13.4. The highest BCUT2D eigenvalue weighted by molar-refractivity contribution is 7.46. The number of hydrogen-bond donors (Lipinski definition) is 4. The SMILES string of the molecule is COc1cc2c(Nc3ncc(CC(=O)Nc4cc(F)cc(F)c4)s3)ncnc2cc1OCCCN1CCN(CCOP(=O)(O)O)CC1. The fraction of sp³-hybridized carbons (Fsp3) is 0.379. The van der Waals surface area contributed by atoms with Crippen molar-refractivity contribution in [1.29, 1.82) is 0 Å². The predicted octanol–water partition coefficient (Wildman–Crippen LogP) is 3.79. The molecule has 1 fully saturated rings. The minimum atomic E-state index is -4.44. The van der Waals surface area contributed by atoms with Gasteiger partial charge in [0, 0.05) is 73.5 Å². The van der Waals surface area contributed by atoms with Gasteiger partial charge in [0.25, 0.3) is 0 Å². The summed E-state index contributed by atoms with van der Waals surface area (Å²) in [4.78, 5) is 48.2. The van der Waals surface area contributed by atoms with Crippen molar-refractivity contribution in [3.05, 3.63) is 59.4 Å². The van der Waals surface area contributed by atoms with E-state index in [9.17, 15) is 18.1 Å². The van der Waals surface area contributed by atoms with Crippen LogP contribution in [-0.2, 0) is 20.3 Å². The standard InChI is InChI=1S/C29H34F2N7O7PS/c1-43-25-15-23-24(16-26(25)44-9-2-3-37-4-6-38(7-5-37)8-10-45-46(40,41)42)33-18-34-28(23)36-29-32-17-22(47-29)14-27(39)35-21-12-19(30)11-20(31)13-21/h11-13,15-18H,2-10,14H2,1H3,(H,35,39)(H2,40,41,42)(H,32,33,34,36). The Balaban J connectivity index is 1.12. The summed E-state index contributed by atoms with van der Waals surface area (Å²) in [6.45, 7) is 5.01. The van der Waals surface area contributed by atoms with Gasteiger partial charge >= 0.3 is 7.82 Å². The van der Waals surface area contributed by atoms with Crippen LogP contribution in [-0.4, -0.2) is 100 Å². The Morgan fingerprint density at radius 1 is 0.979 bits per heavy atom. The Hall–Kier alpha value is -3.83. The number of thiazole rings is 1. The third-order valence-electron chi connectivity index (χ3n) is 7.19. The molecule has 3 heterocycles. The number of anilines is 3. The number of ether oxygens (including phenoxy) is 2. The highest BCUT2D eigenvalue weighted by Gasteiger charge is 2.19. The van der Waals surface area contributed by atoms with Gasteiger partial charge in [-0.25, -0.2) is 28.3 Å². The lowest BCUT2D eigenvalue weighted by Gasteiger charge is -2.34. The van der Waals surface area contributed by atoms with Crippen LogP contribution in [0.25, 0.3) is 10.9 Å². The van der Waals surface area contributed by atoms with E-state index in [0.717, 1.165) is 57.3 Å². The molecular formula is C29H34F2N7O7PS. The number of amides is 1. The number of hydrogen-bond acceptors (Lipinski definition) is 12. The molecule has 4 aromatic rings. The van der Waals surface area contributed by atoms with Crippen LogP contribution in [0.1, 0.15) is 11.3 Å². The molecule has 0 atom stereocenters. The lowest BCUT2D eigenvalue weighted by Crippen LogP contribution is -2.47. The molecule has 47 heavy (non-hydrogen) atoms. The lowest BCUT2D eigenvalue weighted by molar-refractivity contribution is -0.115. The van der Waals surface area contributed by atoms with Gasteiger partial charge in [0.2, 0.25) is 5.91 Å². The quantitative estimate of drug-likeness (QED) is 0.105. The van der Waals surface area contributed by atoms with E-state index < -0.39 is 25.4 Å². The average molecular weight is 694 g/mol. The van der Waals surface area contributed by atoms with Gasteiger partial charge in [0.1, 0.15) is 23.8 Å². The van der Waals surface area contributed by atoms with Gasteiger partial charge in [-0.1, -0.05) is 0 Å². The molecule has 0 bridgehead atoms. The number of rotatable bonds is 15. The zero-order chi connectivity index (χ0) is 33.4. The summed E-state index contributed by atoms with van der Waals surface area (Å²) < 4.78 is 53.9. The number of carbonyl (C=O) groups is 1. The van der Waals surface area contributed by atoms with Crippen LogP contribution in [0.4, 0.5) is 25.4 Å². The van der Waals surface area contributed by atoms with Crippen LogP contribution in [0.15, 0.2) is 42.9 Å². The fourth-order valence-electron chi connectivity index (χ4n) is 4.97. The number of nitrogens with one attached hydrogen (secondary N) is 2. The summed E-state index contributed by atoms with van der Waals surface area (Å²) in [6.07, 6.45) is 3.70. The van der Waals surface area contributed by atoms with E-state index in [4.69, 9.17) is 19.3 Å². The normalized spacial score (nSPS) is 14.3. The van der Waals surface area contributed by atoms with Gasteiger partial charge < -0.3 is 34.8 Å². The Kier molecular flexibility index (Phi) is 11.6. The molecule has 14 nitrogen and oxygen atoms in total. The number of aromatic nitrogens is 3. The van der Waals surface area contributed by atoms with Crippen molar-refractivity contribution in [2.45, 2.75) is 12.8 Å². The number of halogens is 2. The highest BCUT2D eigenvalue weighted by Crippen LogP contribution is 2.36. The topological polar surface area (TPSA) is 171 Å². The lowest BCUT2D eigenvalue weighted by atomic mass is 10.2. The molecule has 5 rings (SSSR count). The molecule has 2 aromatic heterocycles. The molecule has 0 radical (unpaired) electrons. The van der Waals surface area contributed by atoms with Crippen molar-refractivity contribution in [2.75, 3.05) is 70.2 Å². The number of fused-ring (bicyclic) bond motifs is 1. The Morgan fingerprint density at radius 3 is 2.40 bits per heavy atom. The van der Waals surface area contributed by atoms with Gasteiger partial charge in [-0.3, -0.25) is 14.2 Å². The molecule has 0 spiro atoms. The molecule has 4 N–H and O–H groups in total. The Labute approximate surface area is 272 Å². The van der Waals surface area contributed by atoms with E-state index in [0.29, 0.717) is 51.4 Å². The van der Waals surface area contributed by atoms with Crippen molar-refractivity contribution >= 4 is 52.6 Å². The zero-order valence-electron chi connectivity index (χ0n) is 25.4. The molecule has 0 unspecified atom stereocenters. The van der Waals surface area contributed by atoms with Gasteiger partial charge in [0.15, 0.2) is 16.6 Å². The van der Waals surface area contributed by atoms with Crippen LogP contribution in [0.2, 0.25) is 0 Å². The number of phosphoric ester groups is 1. The van der Waals surface area contributed by atoms with Crippen molar-refractivity contribution in [3.63, 3.8) is 0 Å². The van der Waals surface area contributed by atoms with E-state index in [2.05, 4.69) is 39.9 Å². The first-order valence-corrected chi connectivity index (χ1v) is 17.0. The van der Waals surface area contributed by atoms with Crippen LogP contribution >= 0.6 is 19.2 Å². The smallest absolute Gasteiger partial charge is 0.469 e. The van der Waals surface area contributed by atoms with Crippen LogP contribution in [0, 0.1) is 11.6 Å². The molecule has 1 aliphatic heterocycles. The van der Waals surface area contributed by atoms with Gasteiger partial charge in [-0.15, -0.1) is 11.3 Å². The van der Waals surface area contributed by atoms with E-state index in [-0.39, 0.29) is 18.7 Å². The Morgan fingerprint density at radius 2 is 1.70 bits per heavy atom. The number of piperazine rings is 1. The highest BCUT2D eigenvalue weighted by atomic mass is 32.1. The summed E-state index contributed by atoms with van der Waals surface area (Å²) in [5, 5.41) is 6.80. The largest absolute Gasteiger partial charge is 0.493 e. The van der Waals surface area contributed by atoms with E-state index in [1.54, 1.807) is 25.4 Å². The number of carbonyl (C=O) groups excluding carboxylic acids is 1. The van der Waals surface area contributed by atoms with Crippen molar-refractivity contribution in [2.24, 2.45) is 0 Å². The average Bonchev–Trinajstić information content (AvgIpc) is 3.44. The Bertz CT molecular complexity index is 1720. The van der Waals surface area contributed by atoms with Crippen LogP contribution in [0.3, 0.4) is 0 Å². The summed E-state index contributed by atoms with van der Waals surface area (Å²) in [5.41, 5.74) is 0.651. The zero-order valence-corrected chi connectivity index (χ0v) is 27.1. The number of methoxy groups -OCH3 is 1. The first-order chi connectivity index (χ1) is 22.5. The first-order valence-electron chi connectivity index (χ1n) is 14.6. The molecule has 1 aliphatic rings. The van der Waals surface area contributed by atoms with Crippen LogP contribution in [0.5, 0.6) is 11.5 Å². The second-order valence-corrected chi connectivity index (χ2v) is 12.9. The molecule has 0 saturated carbocycles. The second-order valence-electron chi connectivity index (χ2n) is 10.6. The molecule has 18 heteroatoms. The maximum absolute atomic E-state index is 13.4. The molecule has 1 amide bonds. The summed E-state index contributed by atoms with van der Waals surface area (Å²) in [6, 6.07) is 6.37. The van der Waals surface area contributed by atoms with E-state index in [1.807, 2.05) is 0 Å². The fourth-order valence-corrected chi connectivity index (χ4v) is 6.10. The maximum Gasteiger partial charge on any atom is 0.469 e. The molecular weight excluding hydrogens is 659 g/mol. The predicted molar refractivity (Wildman–Crippen MR) is 171 cm³/mol. The second kappa shape index (κ2) is 15.8. The van der Waals surface area contributed by atoms with Crippen LogP contribution < -0.4 is 20.1 Å². The first kappa shape index (κ1) is 34.5. The van der Waals surface area contributed by atoms with E-state index in [1.165, 1.54) is 17.7 Å². The van der Waals surface area contributed by atoms with Gasteiger partial charge in [-0.05, 0) is 24.6 Å². The third kappa shape index (κ3) is 10.3. The number of benzene rings is 2. The summed E-state index contributed by atoms with van der Waals surface area (Å²) >= 11 is 1.24. The molecule has 1 saturated heterocycles. The van der Waals surface area contributed by atoms with Crippen molar-refractivity contribution in [3.8, 4) is 11.5 Å². The van der Waals surface area contributed by atoms with E-state index >= 15 is 0 Å². The molecule has 252 valence electrons. The third-order valence-corrected chi connectivity index (χ3v) is 8.62. The monoisotopic (exact) mass is 693 g/mol. The van der Waals surface area contributed by atoms with Gasteiger partial charge in [-0.2, -0.15) is 0 Å². The molecule has 0 aliphatic carbocycles. The minimum absolute atomic E-state index is 0.00855. The number of nitrogens with zero attached hydrogens (tertiary/aromatic N) is 5. The summed E-state index contributed by atoms with van der Waals surface area (Å²) in [7, 11) is -2.89.